The Morgan fingerprint density at radius 1 is 0.421 bits per heavy atom. The van der Waals surface area contributed by atoms with Crippen molar-refractivity contribution in [2.75, 3.05) is 23.7 Å². The molecule has 8 aliphatic carbocycles. The van der Waals surface area contributed by atoms with Gasteiger partial charge in [-0.15, -0.1) is 0 Å². The van der Waals surface area contributed by atoms with E-state index in [1.54, 1.807) is 0 Å². The van der Waals surface area contributed by atoms with Crippen molar-refractivity contribution in [3.05, 3.63) is 126 Å². The van der Waals surface area contributed by atoms with E-state index in [-0.39, 0.29) is 0 Å². The maximum atomic E-state index is 3.78. The third-order valence-electron chi connectivity index (χ3n) is 8.07. The minimum atomic E-state index is 0.896. The molecule has 0 radical (unpaired) electrons. The van der Waals surface area contributed by atoms with Crippen molar-refractivity contribution < 1.29 is 0 Å². The molecule has 0 heterocycles. The van der Waals surface area contributed by atoms with E-state index in [0.29, 0.717) is 0 Å². The molecule has 8 aliphatic rings. The molecule has 0 saturated heterocycles. The number of halogens is 2. The van der Waals surface area contributed by atoms with E-state index in [9.17, 15) is 0 Å². The summed E-state index contributed by atoms with van der Waals surface area (Å²) in [6.07, 6.45) is 8.43. The maximum Gasteiger partial charge on any atom is 0.0376 e. The van der Waals surface area contributed by atoms with Crippen molar-refractivity contribution in [2.45, 2.75) is 51.4 Å². The van der Waals surface area contributed by atoms with Crippen LogP contribution >= 0.6 is 31.9 Å². The Kier molecular flexibility index (Phi) is 7.90. The highest BCUT2D eigenvalue weighted by Gasteiger charge is 2.12. The van der Waals surface area contributed by atoms with Crippen LogP contribution in [0.5, 0.6) is 0 Å². The van der Waals surface area contributed by atoms with Gasteiger partial charge >= 0.3 is 0 Å². The molecule has 194 valence electrons. The lowest BCUT2D eigenvalue weighted by Gasteiger charge is -2.18. The topological polar surface area (TPSA) is 24.1 Å². The van der Waals surface area contributed by atoms with E-state index in [4.69, 9.17) is 0 Å². The van der Waals surface area contributed by atoms with Gasteiger partial charge in [0.2, 0.25) is 0 Å². The summed E-state index contributed by atoms with van der Waals surface area (Å²) < 4.78 is 2.50. The first-order valence-electron chi connectivity index (χ1n) is 13.9. The first kappa shape index (κ1) is 25.7. The molecule has 0 spiro atoms. The summed E-state index contributed by atoms with van der Waals surface area (Å²) in [6.45, 7) is 1.79. The number of anilines is 2. The van der Waals surface area contributed by atoms with Crippen LogP contribution in [0.2, 0.25) is 0 Å². The lowest BCUT2D eigenvalue weighted by atomic mass is 9.95. The van der Waals surface area contributed by atoms with Gasteiger partial charge in [0.1, 0.15) is 0 Å². The van der Waals surface area contributed by atoms with Crippen LogP contribution in [-0.2, 0) is 51.4 Å². The van der Waals surface area contributed by atoms with Crippen LogP contribution < -0.4 is 10.6 Å². The number of benzene rings is 4. The largest absolute Gasteiger partial charge is 0.383 e. The zero-order chi connectivity index (χ0) is 25.9. The second kappa shape index (κ2) is 11.7. The minimum Gasteiger partial charge on any atom is -0.383 e. The van der Waals surface area contributed by atoms with E-state index in [0.717, 1.165) is 64.5 Å². The molecule has 2 N–H and O–H groups in total. The molecule has 8 bridgehead atoms. The van der Waals surface area contributed by atoms with Crippen LogP contribution in [-0.4, -0.2) is 13.1 Å². The Morgan fingerprint density at radius 3 is 1.16 bits per heavy atom. The van der Waals surface area contributed by atoms with Gasteiger partial charge in [0.05, 0.1) is 0 Å². The number of nitrogens with one attached hydrogen (secondary N) is 2. The molecule has 12 rings (SSSR count). The third-order valence-corrected chi connectivity index (χ3v) is 9.55. The summed E-state index contributed by atoms with van der Waals surface area (Å²) in [7, 11) is 0. The van der Waals surface area contributed by atoms with Gasteiger partial charge in [0.15, 0.2) is 0 Å². The lowest BCUT2D eigenvalue weighted by molar-refractivity contribution is 0.910. The summed E-state index contributed by atoms with van der Waals surface area (Å²) in [4.78, 5) is 0. The summed E-state index contributed by atoms with van der Waals surface area (Å²) >= 11 is 7.57. The fourth-order valence-corrected chi connectivity index (χ4v) is 6.98. The van der Waals surface area contributed by atoms with Gasteiger partial charge < -0.3 is 10.6 Å². The fourth-order valence-electron chi connectivity index (χ4n) is 5.73. The zero-order valence-corrected chi connectivity index (χ0v) is 24.9. The normalized spacial score (nSPS) is 14.5. The summed E-state index contributed by atoms with van der Waals surface area (Å²) in [6, 6.07) is 27.9. The van der Waals surface area contributed by atoms with Crippen LogP contribution in [0.4, 0.5) is 11.4 Å². The molecular formula is C34H34Br2N2. The quantitative estimate of drug-likeness (QED) is 0.216. The van der Waals surface area contributed by atoms with Gasteiger partial charge in [0.25, 0.3) is 0 Å². The smallest absolute Gasteiger partial charge is 0.0376 e. The summed E-state index contributed by atoms with van der Waals surface area (Å²) in [5.74, 6) is 0. The minimum absolute atomic E-state index is 0.896. The predicted molar refractivity (Wildman–Crippen MR) is 168 cm³/mol. The van der Waals surface area contributed by atoms with Gasteiger partial charge in [-0.25, -0.2) is 0 Å². The molecule has 0 saturated carbocycles. The molecule has 0 aromatic heterocycles. The van der Waals surface area contributed by atoms with E-state index in [2.05, 4.69) is 115 Å². The van der Waals surface area contributed by atoms with Crippen LogP contribution in [0.1, 0.15) is 44.5 Å². The standard InChI is InChI=1S/C34H34Br2N2/c35-31-19-23-1-9-27(31)11-3-25-7-15-29(13-5-23)33(21-25)37-17-18-38-34-22-26-4-12-28-10-2-24(20-32(28)36)6-14-30(34)16-8-26/h1-2,7-10,15-16,19-22,37-38H,3-6,11-14,17-18H2. The second-order valence-electron chi connectivity index (χ2n) is 10.7. The monoisotopic (exact) mass is 628 g/mol. The Morgan fingerprint density at radius 2 is 0.763 bits per heavy atom. The first-order chi connectivity index (χ1) is 18.6. The lowest BCUT2D eigenvalue weighted by Crippen LogP contribution is -2.16. The average molecular weight is 630 g/mol. The number of hydrogen-bond acceptors (Lipinski definition) is 2. The molecule has 0 fully saturated rings. The Balaban J connectivity index is 1.12. The Hall–Kier alpha value is -2.56. The van der Waals surface area contributed by atoms with Gasteiger partial charge in [-0.05, 0) is 120 Å². The van der Waals surface area contributed by atoms with Gasteiger partial charge in [-0.3, -0.25) is 0 Å². The molecule has 0 atom stereocenters. The van der Waals surface area contributed by atoms with E-state index < -0.39 is 0 Å². The van der Waals surface area contributed by atoms with Crippen LogP contribution in [0.25, 0.3) is 0 Å². The van der Waals surface area contributed by atoms with Crippen molar-refractivity contribution in [3.8, 4) is 0 Å². The summed E-state index contributed by atoms with van der Waals surface area (Å²) in [5, 5.41) is 7.55. The van der Waals surface area contributed by atoms with Gasteiger partial charge in [-0.1, -0.05) is 80.4 Å². The highest BCUT2D eigenvalue weighted by molar-refractivity contribution is 9.10. The van der Waals surface area contributed by atoms with Crippen molar-refractivity contribution in [1.82, 2.24) is 0 Å². The number of rotatable bonds is 5. The van der Waals surface area contributed by atoms with Crippen molar-refractivity contribution in [2.24, 2.45) is 0 Å². The average Bonchev–Trinajstić information content (AvgIpc) is 2.91. The van der Waals surface area contributed by atoms with E-state index in [1.165, 1.54) is 64.8 Å². The third kappa shape index (κ3) is 6.02. The van der Waals surface area contributed by atoms with E-state index in [1.807, 2.05) is 0 Å². The Labute approximate surface area is 243 Å². The van der Waals surface area contributed by atoms with Crippen LogP contribution in [0.3, 0.4) is 0 Å². The summed E-state index contributed by atoms with van der Waals surface area (Å²) in [5.41, 5.74) is 13.8. The van der Waals surface area contributed by atoms with Crippen molar-refractivity contribution in [3.63, 3.8) is 0 Å². The second-order valence-corrected chi connectivity index (χ2v) is 12.4. The molecule has 0 amide bonds. The fraction of sp³-hybridized carbons (Fsp3) is 0.294. The molecule has 4 heteroatoms. The molecule has 38 heavy (non-hydrogen) atoms. The zero-order valence-electron chi connectivity index (χ0n) is 21.8. The van der Waals surface area contributed by atoms with Gasteiger partial charge in [0, 0.05) is 33.4 Å². The van der Waals surface area contributed by atoms with E-state index >= 15 is 0 Å². The Bertz CT molecular complexity index is 1350. The molecule has 2 nitrogen and oxygen atoms in total. The molecule has 4 aromatic rings. The van der Waals surface area contributed by atoms with Crippen LogP contribution in [0, 0.1) is 0 Å². The first-order valence-corrected chi connectivity index (χ1v) is 15.5. The van der Waals surface area contributed by atoms with Crippen LogP contribution in [0.15, 0.2) is 81.7 Å². The molecule has 0 aliphatic heterocycles. The highest BCUT2D eigenvalue weighted by atomic mass is 79.9. The molecule has 0 unspecified atom stereocenters. The predicted octanol–water partition coefficient (Wildman–Crippen LogP) is 8.50. The van der Waals surface area contributed by atoms with Crippen molar-refractivity contribution >= 4 is 43.2 Å². The van der Waals surface area contributed by atoms with Gasteiger partial charge in [-0.2, -0.15) is 0 Å². The molecular weight excluding hydrogens is 596 g/mol. The number of hydrogen-bond donors (Lipinski definition) is 2. The number of aryl methyl sites for hydroxylation is 8. The SMILES string of the molecule is Brc1cc2ccc1CCc1ccc(c(NCCNc3cc4ccc3CCc3ccc(c(Br)c3)CC4)c1)CC2. The highest BCUT2D eigenvalue weighted by Crippen LogP contribution is 2.28. The maximum absolute atomic E-state index is 3.78. The molecule has 4 aromatic carbocycles. The van der Waals surface area contributed by atoms with Crippen molar-refractivity contribution in [1.29, 1.82) is 0 Å².